The van der Waals surface area contributed by atoms with Crippen molar-refractivity contribution in [3.8, 4) is 0 Å². The quantitative estimate of drug-likeness (QED) is 0.869. The van der Waals surface area contributed by atoms with Crippen molar-refractivity contribution in [1.29, 1.82) is 0 Å². The van der Waals surface area contributed by atoms with E-state index in [0.717, 1.165) is 41.4 Å². The van der Waals surface area contributed by atoms with Crippen LogP contribution in [0.25, 0.3) is 0 Å². The molecule has 1 aromatic rings. The molecule has 1 unspecified atom stereocenters. The molecule has 0 spiro atoms. The summed E-state index contributed by atoms with van der Waals surface area (Å²) in [5.41, 5.74) is 1.71. The molecule has 0 saturated carbocycles. The molecule has 1 aliphatic rings. The third kappa shape index (κ3) is 4.78. The lowest BCUT2D eigenvalue weighted by atomic mass is 10.1. The number of amides is 1. The average molecular weight is 383 g/mol. The Labute approximate surface area is 145 Å². The highest BCUT2D eigenvalue weighted by Crippen LogP contribution is 2.21. The molecule has 1 heterocycles. The van der Waals surface area contributed by atoms with E-state index < -0.39 is 5.97 Å². The molecule has 126 valence electrons. The van der Waals surface area contributed by atoms with Crippen LogP contribution >= 0.6 is 15.9 Å². The van der Waals surface area contributed by atoms with Crippen molar-refractivity contribution in [2.75, 3.05) is 26.7 Å². The van der Waals surface area contributed by atoms with E-state index in [2.05, 4.69) is 15.9 Å². The minimum absolute atomic E-state index is 0.0461. The monoisotopic (exact) mass is 382 g/mol. The highest BCUT2D eigenvalue weighted by atomic mass is 79.9. The number of aliphatic carboxylic acids is 1. The van der Waals surface area contributed by atoms with Gasteiger partial charge in [-0.2, -0.15) is 0 Å². The van der Waals surface area contributed by atoms with E-state index in [1.54, 1.807) is 0 Å². The number of carbonyl (C=O) groups is 2. The Kier molecular flexibility index (Phi) is 6.18. The van der Waals surface area contributed by atoms with E-state index >= 15 is 0 Å². The topological polar surface area (TPSA) is 60.9 Å². The molecule has 5 nitrogen and oxygen atoms in total. The van der Waals surface area contributed by atoms with E-state index in [4.69, 9.17) is 5.11 Å². The molecule has 0 radical (unpaired) electrons. The lowest BCUT2D eigenvalue weighted by Crippen LogP contribution is -2.37. The Bertz CT molecular complexity index is 591. The van der Waals surface area contributed by atoms with Gasteiger partial charge in [0.2, 0.25) is 0 Å². The second-order valence-corrected chi connectivity index (χ2v) is 7.06. The molecule has 1 aliphatic heterocycles. The zero-order valence-electron chi connectivity index (χ0n) is 13.6. The summed E-state index contributed by atoms with van der Waals surface area (Å²) in [6, 6.07) is 5.92. The molecular weight excluding hydrogens is 360 g/mol. The number of hydrogen-bond donors (Lipinski definition) is 1. The fourth-order valence-corrected chi connectivity index (χ4v) is 3.58. The van der Waals surface area contributed by atoms with Gasteiger partial charge in [0.15, 0.2) is 0 Å². The zero-order chi connectivity index (χ0) is 17.0. The number of rotatable bonds is 4. The molecule has 2 rings (SSSR count). The summed E-state index contributed by atoms with van der Waals surface area (Å²) in [7, 11) is 1.84. The van der Waals surface area contributed by atoms with Crippen LogP contribution in [0.1, 0.15) is 35.2 Å². The van der Waals surface area contributed by atoms with Crippen molar-refractivity contribution in [2.45, 2.75) is 32.2 Å². The van der Waals surface area contributed by atoms with Gasteiger partial charge >= 0.3 is 5.97 Å². The molecule has 0 aromatic heterocycles. The number of aryl methyl sites for hydroxylation is 1. The van der Waals surface area contributed by atoms with Crippen LogP contribution in [-0.2, 0) is 4.79 Å². The molecule has 1 atom stereocenters. The number of likely N-dealkylation sites (N-methyl/N-ethyl adjacent to an activating group) is 1. The van der Waals surface area contributed by atoms with Crippen LogP contribution in [-0.4, -0.2) is 59.5 Å². The van der Waals surface area contributed by atoms with Gasteiger partial charge in [0.1, 0.15) is 0 Å². The van der Waals surface area contributed by atoms with Crippen molar-refractivity contribution in [2.24, 2.45) is 0 Å². The predicted molar refractivity (Wildman–Crippen MR) is 92.7 cm³/mol. The minimum Gasteiger partial charge on any atom is -0.480 e. The molecule has 1 fully saturated rings. The number of carbonyl (C=O) groups excluding carboxylic acids is 1. The molecule has 1 saturated heterocycles. The highest BCUT2D eigenvalue weighted by Gasteiger charge is 2.25. The maximum atomic E-state index is 12.7. The minimum atomic E-state index is -0.810. The van der Waals surface area contributed by atoms with E-state index in [1.807, 2.05) is 42.0 Å². The molecule has 23 heavy (non-hydrogen) atoms. The Morgan fingerprint density at radius 3 is 2.74 bits per heavy atom. The van der Waals surface area contributed by atoms with Crippen molar-refractivity contribution in [1.82, 2.24) is 9.80 Å². The fourth-order valence-electron chi connectivity index (χ4n) is 3.10. The molecule has 6 heteroatoms. The van der Waals surface area contributed by atoms with E-state index in [1.165, 1.54) is 0 Å². The third-order valence-corrected chi connectivity index (χ3v) is 4.90. The van der Waals surface area contributed by atoms with Gasteiger partial charge in [-0.3, -0.25) is 14.5 Å². The van der Waals surface area contributed by atoms with Crippen LogP contribution in [0.5, 0.6) is 0 Å². The number of halogens is 1. The maximum absolute atomic E-state index is 12.7. The Balaban J connectivity index is 2.02. The first-order valence-electron chi connectivity index (χ1n) is 7.86. The Morgan fingerprint density at radius 2 is 2.09 bits per heavy atom. The van der Waals surface area contributed by atoms with Gasteiger partial charge in [-0.25, -0.2) is 0 Å². The molecule has 1 amide bonds. The van der Waals surface area contributed by atoms with Crippen molar-refractivity contribution in [3.05, 3.63) is 33.8 Å². The third-order valence-electron chi connectivity index (χ3n) is 4.41. The largest absolute Gasteiger partial charge is 0.480 e. The van der Waals surface area contributed by atoms with Gasteiger partial charge in [-0.1, -0.05) is 15.9 Å². The van der Waals surface area contributed by atoms with Crippen LogP contribution in [0, 0.1) is 6.92 Å². The summed E-state index contributed by atoms with van der Waals surface area (Å²) >= 11 is 3.42. The maximum Gasteiger partial charge on any atom is 0.317 e. The van der Waals surface area contributed by atoms with Crippen molar-refractivity contribution >= 4 is 27.8 Å². The normalized spacial score (nSPS) is 18.8. The van der Waals surface area contributed by atoms with Gasteiger partial charge < -0.3 is 10.0 Å². The van der Waals surface area contributed by atoms with Crippen LogP contribution < -0.4 is 0 Å². The number of likely N-dealkylation sites (tertiary alicyclic amines) is 1. The van der Waals surface area contributed by atoms with Crippen LogP contribution in [0.3, 0.4) is 0 Å². The lowest BCUT2D eigenvalue weighted by molar-refractivity contribution is -0.138. The summed E-state index contributed by atoms with van der Waals surface area (Å²) in [6.07, 6.45) is 2.63. The van der Waals surface area contributed by atoms with Gasteiger partial charge in [-0.15, -0.1) is 0 Å². The second-order valence-electron chi connectivity index (χ2n) is 6.15. The van der Waals surface area contributed by atoms with Crippen LogP contribution in [0.15, 0.2) is 22.7 Å². The van der Waals surface area contributed by atoms with E-state index in [0.29, 0.717) is 6.54 Å². The van der Waals surface area contributed by atoms with Gasteiger partial charge in [0.25, 0.3) is 5.91 Å². The number of benzene rings is 1. The number of hydrogen-bond acceptors (Lipinski definition) is 3. The zero-order valence-corrected chi connectivity index (χ0v) is 15.2. The molecule has 1 N–H and O–H groups in total. The number of nitrogens with zero attached hydrogens (tertiary/aromatic N) is 2. The first-order valence-corrected chi connectivity index (χ1v) is 8.65. The van der Waals surface area contributed by atoms with E-state index in [-0.39, 0.29) is 18.5 Å². The Morgan fingerprint density at radius 1 is 1.35 bits per heavy atom. The SMILES string of the molecule is Cc1cc(Br)ccc1C(=O)N1CCCC(N(C)CC(=O)O)CC1. The fraction of sp³-hybridized carbons (Fsp3) is 0.529. The molecule has 0 bridgehead atoms. The first kappa shape index (κ1) is 17.9. The average Bonchev–Trinajstić information content (AvgIpc) is 2.71. The molecule has 0 aliphatic carbocycles. The predicted octanol–water partition coefficient (Wildman–Crippen LogP) is 2.77. The standard InChI is InChI=1S/C17H23BrN2O3/c1-12-10-13(18)5-6-15(12)17(23)20-8-3-4-14(7-9-20)19(2)11-16(21)22/h5-6,10,14H,3-4,7-9,11H2,1-2H3,(H,21,22). The smallest absolute Gasteiger partial charge is 0.317 e. The summed E-state index contributed by atoms with van der Waals surface area (Å²) in [6.45, 7) is 3.39. The Hall–Kier alpha value is -1.40. The highest BCUT2D eigenvalue weighted by molar-refractivity contribution is 9.10. The second kappa shape index (κ2) is 7.93. The summed E-state index contributed by atoms with van der Waals surface area (Å²) in [5, 5.41) is 8.92. The lowest BCUT2D eigenvalue weighted by Gasteiger charge is -2.25. The summed E-state index contributed by atoms with van der Waals surface area (Å²) in [5.74, 6) is -0.744. The van der Waals surface area contributed by atoms with Crippen LogP contribution in [0.2, 0.25) is 0 Å². The number of carboxylic acid groups (broad SMARTS) is 1. The summed E-state index contributed by atoms with van der Waals surface area (Å²) in [4.78, 5) is 27.4. The molecule has 1 aromatic carbocycles. The van der Waals surface area contributed by atoms with Crippen molar-refractivity contribution < 1.29 is 14.7 Å². The van der Waals surface area contributed by atoms with Crippen LogP contribution in [0.4, 0.5) is 0 Å². The van der Waals surface area contributed by atoms with Crippen molar-refractivity contribution in [3.63, 3.8) is 0 Å². The first-order chi connectivity index (χ1) is 10.9. The van der Waals surface area contributed by atoms with Gasteiger partial charge in [-0.05, 0) is 57.0 Å². The number of carboxylic acids is 1. The van der Waals surface area contributed by atoms with Gasteiger partial charge in [0.05, 0.1) is 6.54 Å². The van der Waals surface area contributed by atoms with E-state index in [9.17, 15) is 9.59 Å². The van der Waals surface area contributed by atoms with Gasteiger partial charge in [0, 0.05) is 29.2 Å². The molecular formula is C17H23BrN2O3. The summed E-state index contributed by atoms with van der Waals surface area (Å²) < 4.78 is 0.970.